The number of hydrogen-bond donors (Lipinski definition) is 0. The molecular weight excluding hydrogens is 256 g/mol. The van der Waals surface area contributed by atoms with Gasteiger partial charge in [0.15, 0.2) is 0 Å². The van der Waals surface area contributed by atoms with Gasteiger partial charge in [-0.05, 0) is 6.42 Å². The second kappa shape index (κ2) is 4.93. The van der Waals surface area contributed by atoms with Crippen LogP contribution in [0.1, 0.15) is 19.8 Å². The smallest absolute Gasteiger partial charge is 0.244 e. The van der Waals surface area contributed by atoms with Gasteiger partial charge in [0.2, 0.25) is 0 Å². The molecule has 0 saturated carbocycles. The zero-order valence-corrected chi connectivity index (χ0v) is 10.2. The van der Waals surface area contributed by atoms with Gasteiger partial charge in [0.05, 0.1) is 5.75 Å². The van der Waals surface area contributed by atoms with Crippen LogP contribution in [0.15, 0.2) is 18.7 Å². The van der Waals surface area contributed by atoms with E-state index in [0.717, 1.165) is 12.5 Å². The number of imidazole rings is 1. The van der Waals surface area contributed by atoms with Gasteiger partial charge in [0.25, 0.3) is 10.1 Å². The van der Waals surface area contributed by atoms with E-state index in [4.69, 9.17) is 0 Å². The predicted molar refractivity (Wildman–Crippen MR) is 56.3 cm³/mol. The summed E-state index contributed by atoms with van der Waals surface area (Å²) in [7, 11) is -8.40. The van der Waals surface area contributed by atoms with Crippen LogP contribution in [0.25, 0.3) is 0 Å². The minimum Gasteiger partial charge on any atom is -0.244 e. The van der Waals surface area contributed by atoms with Crippen molar-refractivity contribution in [1.82, 2.24) is 8.96 Å². The predicted octanol–water partition coefficient (Wildman–Crippen LogP) is 0.122. The van der Waals surface area contributed by atoms with Crippen molar-refractivity contribution in [2.75, 3.05) is 5.75 Å². The summed E-state index contributed by atoms with van der Waals surface area (Å²) in [6, 6.07) is 0. The molecule has 1 aromatic rings. The summed E-state index contributed by atoms with van der Waals surface area (Å²) in [5.74, 6) is -0.322. The van der Waals surface area contributed by atoms with Crippen molar-refractivity contribution in [2.24, 2.45) is 0 Å². The van der Waals surface area contributed by atoms with Crippen molar-refractivity contribution < 1.29 is 20.5 Å². The number of rotatable bonds is 6. The number of aromatic nitrogens is 2. The lowest BCUT2D eigenvalue weighted by Crippen LogP contribution is -2.21. The lowest BCUT2D eigenvalue weighted by Gasteiger charge is -2.05. The highest BCUT2D eigenvalue weighted by molar-refractivity contribution is 7.99. The number of nitrogens with zero attached hydrogens (tertiary/aromatic N) is 2. The molecule has 16 heavy (non-hydrogen) atoms. The molecule has 0 spiro atoms. The fourth-order valence-electron chi connectivity index (χ4n) is 0.900. The molecule has 0 aliphatic heterocycles. The number of hydrogen-bond acceptors (Lipinski definition) is 6. The van der Waals surface area contributed by atoms with Crippen molar-refractivity contribution in [1.29, 1.82) is 0 Å². The van der Waals surface area contributed by atoms with Gasteiger partial charge < -0.3 is 0 Å². The van der Waals surface area contributed by atoms with E-state index >= 15 is 0 Å². The average molecular weight is 268 g/mol. The van der Waals surface area contributed by atoms with Crippen molar-refractivity contribution in [3.05, 3.63) is 18.7 Å². The van der Waals surface area contributed by atoms with Crippen molar-refractivity contribution in [3.8, 4) is 0 Å². The summed E-state index contributed by atoms with van der Waals surface area (Å²) in [5.41, 5.74) is 0. The van der Waals surface area contributed by atoms with Crippen molar-refractivity contribution in [2.45, 2.75) is 19.8 Å². The topological polar surface area (TPSA) is 95.3 Å². The van der Waals surface area contributed by atoms with E-state index in [9.17, 15) is 16.8 Å². The molecule has 0 atom stereocenters. The van der Waals surface area contributed by atoms with Crippen molar-refractivity contribution in [3.63, 3.8) is 0 Å². The average Bonchev–Trinajstić information content (AvgIpc) is 2.66. The maximum atomic E-state index is 11.4. The molecule has 0 unspecified atom stereocenters. The van der Waals surface area contributed by atoms with Gasteiger partial charge in [-0.1, -0.05) is 13.3 Å². The first-order valence-corrected chi connectivity index (χ1v) is 7.49. The molecule has 1 rings (SSSR count). The summed E-state index contributed by atoms with van der Waals surface area (Å²) in [5, 5.41) is 0. The molecule has 0 N–H and O–H groups in total. The van der Waals surface area contributed by atoms with Crippen LogP contribution in [0.3, 0.4) is 0 Å². The Kier molecular flexibility index (Phi) is 4.05. The van der Waals surface area contributed by atoms with Crippen molar-refractivity contribution >= 4 is 20.4 Å². The van der Waals surface area contributed by atoms with E-state index in [1.54, 1.807) is 6.92 Å². The molecular formula is C7H12N2O5S2. The van der Waals surface area contributed by atoms with Gasteiger partial charge in [-0.15, -0.1) is 3.63 Å². The van der Waals surface area contributed by atoms with Crippen LogP contribution >= 0.6 is 0 Å². The first-order valence-electron chi connectivity index (χ1n) is 4.54. The van der Waals surface area contributed by atoms with Gasteiger partial charge in [-0.2, -0.15) is 16.8 Å². The Labute approximate surface area is 94.4 Å². The monoisotopic (exact) mass is 268 g/mol. The Balaban J connectivity index is 2.82. The standard InChI is InChI=1S/C7H12N2O5S2/c1-2-3-6-15(10,11)14-16(12,13)9-5-4-8-7-9/h4-5,7H,2-3,6H2,1H3. The van der Waals surface area contributed by atoms with Crippen LogP contribution in [0.2, 0.25) is 0 Å². The Morgan fingerprint density at radius 1 is 1.31 bits per heavy atom. The largest absolute Gasteiger partial charge is 0.381 e. The zero-order chi connectivity index (χ0) is 12.2. The fourth-order valence-corrected chi connectivity index (χ4v) is 3.52. The molecule has 0 bridgehead atoms. The summed E-state index contributed by atoms with van der Waals surface area (Å²) in [4.78, 5) is 3.49. The Bertz CT molecular complexity index is 517. The SMILES string of the molecule is CCCCS(=O)(=O)OS(=O)(=O)n1ccnc1. The van der Waals surface area contributed by atoms with Gasteiger partial charge in [0, 0.05) is 12.4 Å². The highest BCUT2D eigenvalue weighted by Gasteiger charge is 2.23. The second-order valence-corrected chi connectivity index (χ2v) is 6.38. The minimum absolute atomic E-state index is 0.322. The van der Waals surface area contributed by atoms with Gasteiger partial charge in [-0.3, -0.25) is 0 Å². The van der Waals surface area contributed by atoms with E-state index in [1.807, 2.05) is 0 Å². The summed E-state index contributed by atoms with van der Waals surface area (Å²) >= 11 is 0. The van der Waals surface area contributed by atoms with E-state index < -0.39 is 20.4 Å². The van der Waals surface area contributed by atoms with Gasteiger partial charge in [-0.25, -0.2) is 8.96 Å². The van der Waals surface area contributed by atoms with Crippen LogP contribution in [0, 0.1) is 0 Å². The molecule has 0 aromatic carbocycles. The first kappa shape index (κ1) is 13.1. The molecule has 0 radical (unpaired) electrons. The molecule has 7 nitrogen and oxygen atoms in total. The lowest BCUT2D eigenvalue weighted by atomic mass is 10.4. The Hall–Kier alpha value is -0.930. The third kappa shape index (κ3) is 3.58. The molecule has 1 aromatic heterocycles. The highest BCUT2D eigenvalue weighted by Crippen LogP contribution is 2.07. The second-order valence-electron chi connectivity index (χ2n) is 3.03. The maximum absolute atomic E-state index is 11.4. The van der Waals surface area contributed by atoms with E-state index in [-0.39, 0.29) is 5.75 Å². The normalized spacial score (nSPS) is 12.8. The fraction of sp³-hybridized carbons (Fsp3) is 0.571. The molecule has 0 fully saturated rings. The molecule has 9 heteroatoms. The maximum Gasteiger partial charge on any atom is 0.381 e. The molecule has 92 valence electrons. The third-order valence-corrected chi connectivity index (χ3v) is 4.71. The van der Waals surface area contributed by atoms with Gasteiger partial charge >= 0.3 is 10.3 Å². The van der Waals surface area contributed by atoms with Crippen LogP contribution in [-0.4, -0.2) is 31.5 Å². The zero-order valence-electron chi connectivity index (χ0n) is 8.61. The summed E-state index contributed by atoms with van der Waals surface area (Å²) < 4.78 is 50.1. The summed E-state index contributed by atoms with van der Waals surface area (Å²) in [6.07, 6.45) is 4.23. The van der Waals surface area contributed by atoms with Crippen LogP contribution in [0.4, 0.5) is 0 Å². The molecule has 0 aliphatic carbocycles. The third-order valence-electron chi connectivity index (χ3n) is 1.68. The minimum atomic E-state index is -4.34. The van der Waals surface area contributed by atoms with Crippen LogP contribution in [0.5, 0.6) is 0 Å². The van der Waals surface area contributed by atoms with Gasteiger partial charge in [0.1, 0.15) is 6.33 Å². The Morgan fingerprint density at radius 3 is 2.50 bits per heavy atom. The van der Waals surface area contributed by atoms with E-state index in [1.165, 1.54) is 6.20 Å². The number of unbranched alkanes of at least 4 members (excludes halogenated alkanes) is 1. The summed E-state index contributed by atoms with van der Waals surface area (Å²) in [6.45, 7) is 1.79. The van der Waals surface area contributed by atoms with Crippen LogP contribution in [-0.2, 0) is 24.1 Å². The van der Waals surface area contributed by atoms with E-state index in [2.05, 4.69) is 8.61 Å². The lowest BCUT2D eigenvalue weighted by molar-refractivity contribution is 0.453. The van der Waals surface area contributed by atoms with Crippen LogP contribution < -0.4 is 0 Å². The highest BCUT2D eigenvalue weighted by atomic mass is 32.3. The Morgan fingerprint density at radius 2 is 2.00 bits per heavy atom. The molecule has 0 aliphatic rings. The first-order chi connectivity index (χ1) is 7.37. The molecule has 1 heterocycles. The quantitative estimate of drug-likeness (QED) is 0.727. The molecule has 0 saturated heterocycles. The van der Waals surface area contributed by atoms with E-state index in [0.29, 0.717) is 16.8 Å². The molecule has 0 amide bonds.